The van der Waals surface area contributed by atoms with Crippen LogP contribution in [0, 0.1) is 0 Å². The van der Waals surface area contributed by atoms with Gasteiger partial charge in [0.05, 0.1) is 12.8 Å². The third-order valence-corrected chi connectivity index (χ3v) is 2.63. The number of carboxylic acid groups (broad SMARTS) is 1. The molecular weight excluding hydrogens is 312 g/mol. The van der Waals surface area contributed by atoms with Gasteiger partial charge in [0.25, 0.3) is 5.92 Å². The van der Waals surface area contributed by atoms with Gasteiger partial charge in [0.2, 0.25) is 0 Å². The van der Waals surface area contributed by atoms with Gasteiger partial charge in [0, 0.05) is 5.56 Å². The third kappa shape index (κ3) is 5.72. The van der Waals surface area contributed by atoms with Gasteiger partial charge in [-0.05, 0) is 39.0 Å². The molecular formula is C15H19F2NO5. The van der Waals surface area contributed by atoms with Crippen LogP contribution in [0.3, 0.4) is 0 Å². The van der Waals surface area contributed by atoms with Crippen molar-refractivity contribution in [2.24, 2.45) is 0 Å². The SMILES string of the molecule is COc1ccc(NC(=O)OC(C)(C)C)c(C(F)(F)CC(=O)O)c1. The summed E-state index contributed by atoms with van der Waals surface area (Å²) in [6.07, 6.45) is -2.33. The summed E-state index contributed by atoms with van der Waals surface area (Å²) in [4.78, 5) is 22.4. The van der Waals surface area contributed by atoms with Crippen molar-refractivity contribution < 1.29 is 33.0 Å². The molecule has 1 amide bonds. The van der Waals surface area contributed by atoms with Crippen LogP contribution in [0.2, 0.25) is 0 Å². The maximum absolute atomic E-state index is 14.1. The Balaban J connectivity index is 3.17. The van der Waals surface area contributed by atoms with Gasteiger partial charge in [-0.1, -0.05) is 0 Å². The number of carboxylic acids is 1. The van der Waals surface area contributed by atoms with Crippen LogP contribution in [-0.2, 0) is 15.5 Å². The van der Waals surface area contributed by atoms with Gasteiger partial charge >= 0.3 is 12.1 Å². The Hall–Kier alpha value is -2.38. The van der Waals surface area contributed by atoms with E-state index in [9.17, 15) is 18.4 Å². The summed E-state index contributed by atoms with van der Waals surface area (Å²) in [6, 6.07) is 3.55. The summed E-state index contributed by atoms with van der Waals surface area (Å²) in [6.45, 7) is 4.88. The Bertz CT molecular complexity index is 596. The number of hydrogen-bond donors (Lipinski definition) is 2. The molecule has 0 saturated heterocycles. The van der Waals surface area contributed by atoms with E-state index in [2.05, 4.69) is 5.32 Å². The maximum Gasteiger partial charge on any atom is 0.412 e. The zero-order valence-corrected chi connectivity index (χ0v) is 13.3. The summed E-state index contributed by atoms with van der Waals surface area (Å²) in [7, 11) is 1.29. The Labute approximate surface area is 132 Å². The molecule has 128 valence electrons. The van der Waals surface area contributed by atoms with Crippen molar-refractivity contribution in [3.8, 4) is 5.75 Å². The minimum Gasteiger partial charge on any atom is -0.497 e. The second-order valence-corrected chi connectivity index (χ2v) is 5.81. The van der Waals surface area contributed by atoms with Crippen LogP contribution in [0.25, 0.3) is 0 Å². The molecule has 8 heteroatoms. The number of anilines is 1. The van der Waals surface area contributed by atoms with Crippen LogP contribution in [0.15, 0.2) is 18.2 Å². The lowest BCUT2D eigenvalue weighted by Gasteiger charge is -2.22. The zero-order valence-electron chi connectivity index (χ0n) is 13.3. The van der Waals surface area contributed by atoms with E-state index in [1.54, 1.807) is 20.8 Å². The normalized spacial score (nSPS) is 11.7. The number of hydrogen-bond acceptors (Lipinski definition) is 4. The highest BCUT2D eigenvalue weighted by molar-refractivity contribution is 5.86. The fourth-order valence-electron chi connectivity index (χ4n) is 1.76. The van der Waals surface area contributed by atoms with E-state index < -0.39 is 35.6 Å². The highest BCUT2D eigenvalue weighted by Gasteiger charge is 2.38. The molecule has 0 spiro atoms. The average molecular weight is 331 g/mol. The number of rotatable bonds is 5. The number of alkyl halides is 2. The van der Waals surface area contributed by atoms with Gasteiger partial charge in [0.1, 0.15) is 17.8 Å². The van der Waals surface area contributed by atoms with E-state index in [1.165, 1.54) is 19.2 Å². The first-order valence-electron chi connectivity index (χ1n) is 6.73. The molecule has 0 fully saturated rings. The van der Waals surface area contributed by atoms with Crippen LogP contribution < -0.4 is 10.1 Å². The summed E-state index contributed by atoms with van der Waals surface area (Å²) >= 11 is 0. The van der Waals surface area contributed by atoms with Crippen LogP contribution in [0.1, 0.15) is 32.8 Å². The minimum absolute atomic E-state index is 0.111. The Morgan fingerprint density at radius 1 is 1.26 bits per heavy atom. The largest absolute Gasteiger partial charge is 0.497 e. The molecule has 2 N–H and O–H groups in total. The van der Waals surface area contributed by atoms with E-state index in [1.807, 2.05) is 0 Å². The average Bonchev–Trinajstić information content (AvgIpc) is 2.35. The van der Waals surface area contributed by atoms with Crippen LogP contribution >= 0.6 is 0 Å². The molecule has 0 atom stereocenters. The number of carbonyl (C=O) groups excluding carboxylic acids is 1. The van der Waals surface area contributed by atoms with Gasteiger partial charge in [-0.3, -0.25) is 10.1 Å². The Morgan fingerprint density at radius 3 is 2.35 bits per heavy atom. The van der Waals surface area contributed by atoms with Gasteiger partial charge in [0.15, 0.2) is 0 Å². The first-order valence-corrected chi connectivity index (χ1v) is 6.73. The molecule has 1 rings (SSSR count). The van der Waals surface area contributed by atoms with Gasteiger partial charge in [-0.15, -0.1) is 0 Å². The lowest BCUT2D eigenvalue weighted by atomic mass is 10.0. The van der Waals surface area contributed by atoms with Crippen LogP contribution in [0.4, 0.5) is 19.3 Å². The van der Waals surface area contributed by atoms with Gasteiger partial charge < -0.3 is 14.6 Å². The zero-order chi connectivity index (χ0) is 17.8. The molecule has 0 saturated carbocycles. The quantitative estimate of drug-likeness (QED) is 0.861. The number of benzene rings is 1. The van der Waals surface area contributed by atoms with E-state index in [4.69, 9.17) is 14.6 Å². The fourth-order valence-corrected chi connectivity index (χ4v) is 1.76. The standard InChI is InChI=1S/C15H19F2NO5/c1-14(2,3)23-13(21)18-11-6-5-9(22-4)7-10(11)15(16,17)8-12(19)20/h5-7H,8H2,1-4H3,(H,18,21)(H,19,20). The van der Waals surface area contributed by atoms with Crippen molar-refractivity contribution >= 4 is 17.7 Å². The third-order valence-electron chi connectivity index (χ3n) is 2.63. The summed E-state index contributed by atoms with van der Waals surface area (Å²) in [5.74, 6) is -5.24. The molecule has 0 unspecified atom stereocenters. The number of aliphatic carboxylic acids is 1. The van der Waals surface area contributed by atoms with Gasteiger partial charge in [-0.25, -0.2) is 13.6 Å². The molecule has 0 heterocycles. The van der Waals surface area contributed by atoms with Crippen molar-refractivity contribution in [3.63, 3.8) is 0 Å². The second kappa shape index (κ2) is 6.80. The Kier molecular flexibility index (Phi) is 5.52. The van der Waals surface area contributed by atoms with Crippen LogP contribution in [-0.4, -0.2) is 29.9 Å². The molecule has 0 aromatic heterocycles. The van der Waals surface area contributed by atoms with Crippen molar-refractivity contribution in [3.05, 3.63) is 23.8 Å². The van der Waals surface area contributed by atoms with Crippen molar-refractivity contribution in [1.82, 2.24) is 0 Å². The molecule has 1 aromatic rings. The monoisotopic (exact) mass is 331 g/mol. The number of halogens is 2. The predicted octanol–water partition coefficient (Wildman–Crippen LogP) is 3.61. The van der Waals surface area contributed by atoms with Crippen molar-refractivity contribution in [2.45, 2.75) is 38.7 Å². The number of nitrogens with one attached hydrogen (secondary N) is 1. The van der Waals surface area contributed by atoms with Crippen molar-refractivity contribution in [2.75, 3.05) is 12.4 Å². The van der Waals surface area contributed by atoms with E-state index in [0.29, 0.717) is 0 Å². The van der Waals surface area contributed by atoms with E-state index >= 15 is 0 Å². The molecule has 0 aliphatic rings. The second-order valence-electron chi connectivity index (χ2n) is 5.81. The smallest absolute Gasteiger partial charge is 0.412 e. The van der Waals surface area contributed by atoms with Crippen molar-refractivity contribution in [1.29, 1.82) is 0 Å². The number of amides is 1. The predicted molar refractivity (Wildman–Crippen MR) is 79.0 cm³/mol. The molecule has 0 aliphatic heterocycles. The molecule has 23 heavy (non-hydrogen) atoms. The number of methoxy groups -OCH3 is 1. The molecule has 1 aromatic carbocycles. The number of carbonyl (C=O) groups is 2. The first kappa shape index (κ1) is 18.7. The lowest BCUT2D eigenvalue weighted by molar-refractivity contribution is -0.145. The van der Waals surface area contributed by atoms with Gasteiger partial charge in [-0.2, -0.15) is 0 Å². The summed E-state index contributed by atoms with van der Waals surface area (Å²) in [5, 5.41) is 10.8. The molecule has 0 aliphatic carbocycles. The highest BCUT2D eigenvalue weighted by atomic mass is 19.3. The minimum atomic E-state index is -3.69. The fraction of sp³-hybridized carbons (Fsp3) is 0.467. The Morgan fingerprint density at radius 2 is 1.87 bits per heavy atom. The number of ether oxygens (including phenoxy) is 2. The molecule has 0 radical (unpaired) electrons. The molecule has 6 nitrogen and oxygen atoms in total. The lowest BCUT2D eigenvalue weighted by Crippen LogP contribution is -2.28. The first-order chi connectivity index (χ1) is 10.4. The van der Waals surface area contributed by atoms with Crippen LogP contribution in [0.5, 0.6) is 5.75 Å². The highest BCUT2D eigenvalue weighted by Crippen LogP contribution is 2.38. The maximum atomic E-state index is 14.1. The van der Waals surface area contributed by atoms with E-state index in [-0.39, 0.29) is 11.4 Å². The summed E-state index contributed by atoms with van der Waals surface area (Å²) < 4.78 is 38.2. The summed E-state index contributed by atoms with van der Waals surface area (Å²) in [5.41, 5.74) is -1.71. The topological polar surface area (TPSA) is 84.9 Å². The molecule has 0 bridgehead atoms. The van der Waals surface area contributed by atoms with E-state index in [0.717, 1.165) is 6.07 Å².